The van der Waals surface area contributed by atoms with Crippen molar-refractivity contribution in [2.24, 2.45) is 0 Å². The lowest BCUT2D eigenvalue weighted by molar-refractivity contribution is 0.282. The average Bonchev–Trinajstić information content (AvgIpc) is 2.43. The number of nitrogens with one attached hydrogen (secondary N) is 1. The third-order valence-electron chi connectivity index (χ3n) is 2.71. The van der Waals surface area contributed by atoms with E-state index < -0.39 is 22.4 Å². The van der Waals surface area contributed by atoms with E-state index in [0.29, 0.717) is 0 Å². The second-order valence-electron chi connectivity index (χ2n) is 4.11. The van der Waals surface area contributed by atoms with E-state index in [1.54, 1.807) is 0 Å². The average molecular weight is 350 g/mol. The summed E-state index contributed by atoms with van der Waals surface area (Å²) in [5.41, 5.74) is -0.176. The van der Waals surface area contributed by atoms with Gasteiger partial charge in [0, 0.05) is 5.56 Å². The Morgan fingerprint density at radius 1 is 1.14 bits per heavy atom. The highest BCUT2D eigenvalue weighted by atomic mass is 35.5. The molecule has 0 amide bonds. The first-order chi connectivity index (χ1) is 9.85. The van der Waals surface area contributed by atoms with E-state index in [1.165, 1.54) is 24.3 Å². The van der Waals surface area contributed by atoms with Gasteiger partial charge in [0.05, 0.1) is 27.2 Å². The van der Waals surface area contributed by atoms with Gasteiger partial charge in [-0.25, -0.2) is 12.8 Å². The Kier molecular flexibility index (Phi) is 4.73. The third kappa shape index (κ3) is 3.47. The molecule has 0 saturated heterocycles. The van der Waals surface area contributed by atoms with Gasteiger partial charge < -0.3 is 5.11 Å². The maximum atomic E-state index is 13.7. The summed E-state index contributed by atoms with van der Waals surface area (Å²) in [4.78, 5) is -0.163. The molecule has 0 heterocycles. The van der Waals surface area contributed by atoms with Crippen LogP contribution in [0.1, 0.15) is 5.56 Å². The van der Waals surface area contributed by atoms with Crippen LogP contribution in [-0.2, 0) is 16.6 Å². The van der Waals surface area contributed by atoms with Crippen LogP contribution in [0.4, 0.5) is 10.1 Å². The number of hydrogen-bond donors (Lipinski definition) is 2. The van der Waals surface area contributed by atoms with E-state index in [4.69, 9.17) is 28.3 Å². The van der Waals surface area contributed by atoms with Gasteiger partial charge in [-0.2, -0.15) is 0 Å². The molecular formula is C13H10Cl2FNO3S. The van der Waals surface area contributed by atoms with Gasteiger partial charge in [0.2, 0.25) is 0 Å². The van der Waals surface area contributed by atoms with E-state index in [9.17, 15) is 12.8 Å². The number of benzene rings is 2. The molecular weight excluding hydrogens is 340 g/mol. The van der Waals surface area contributed by atoms with Crippen molar-refractivity contribution in [1.82, 2.24) is 0 Å². The minimum atomic E-state index is -4.05. The Hall–Kier alpha value is -1.34. The zero-order chi connectivity index (χ0) is 15.6. The van der Waals surface area contributed by atoms with Crippen LogP contribution in [-0.4, -0.2) is 13.5 Å². The normalized spacial score (nSPS) is 11.4. The van der Waals surface area contributed by atoms with Crippen molar-refractivity contribution in [2.45, 2.75) is 11.5 Å². The number of aliphatic hydroxyl groups excluding tert-OH is 1. The Labute approximate surface area is 131 Å². The molecule has 8 heteroatoms. The molecule has 2 rings (SSSR count). The largest absolute Gasteiger partial charge is 0.392 e. The maximum absolute atomic E-state index is 13.7. The van der Waals surface area contributed by atoms with Crippen LogP contribution in [0, 0.1) is 5.82 Å². The molecule has 0 unspecified atom stereocenters. The molecule has 0 aliphatic heterocycles. The Balaban J connectivity index is 2.44. The lowest BCUT2D eigenvalue weighted by Gasteiger charge is -2.12. The van der Waals surface area contributed by atoms with Crippen LogP contribution in [0.5, 0.6) is 0 Å². The number of anilines is 1. The van der Waals surface area contributed by atoms with Crippen LogP contribution in [0.15, 0.2) is 41.3 Å². The Morgan fingerprint density at radius 2 is 1.86 bits per heavy atom. The number of aliphatic hydroxyl groups is 1. The monoisotopic (exact) mass is 349 g/mol. The second-order valence-corrected chi connectivity index (χ2v) is 6.61. The summed E-state index contributed by atoms with van der Waals surface area (Å²) in [7, 11) is -4.05. The predicted octanol–water partition coefficient (Wildman–Crippen LogP) is 3.43. The van der Waals surface area contributed by atoms with Crippen molar-refractivity contribution in [2.75, 3.05) is 4.72 Å². The summed E-state index contributed by atoms with van der Waals surface area (Å²) in [6, 6.07) is 7.61. The molecule has 0 aliphatic carbocycles. The highest BCUT2D eigenvalue weighted by Crippen LogP contribution is 2.27. The van der Waals surface area contributed by atoms with E-state index >= 15 is 0 Å². The summed E-state index contributed by atoms with van der Waals surface area (Å²) in [5, 5.41) is 9.42. The molecule has 2 aromatic carbocycles. The van der Waals surface area contributed by atoms with Crippen molar-refractivity contribution in [3.8, 4) is 0 Å². The van der Waals surface area contributed by atoms with Gasteiger partial charge in [0.1, 0.15) is 5.82 Å². The summed E-state index contributed by atoms with van der Waals surface area (Å²) in [6.07, 6.45) is 0. The molecule has 4 nitrogen and oxygen atoms in total. The summed E-state index contributed by atoms with van der Waals surface area (Å²) in [6.45, 7) is -0.503. The molecule has 0 aliphatic rings. The summed E-state index contributed by atoms with van der Waals surface area (Å²) >= 11 is 11.5. The molecule has 2 N–H and O–H groups in total. The Bertz CT molecular complexity index is 781. The molecule has 0 atom stereocenters. The third-order valence-corrected chi connectivity index (χ3v) is 4.79. The molecule has 0 radical (unpaired) electrons. The highest BCUT2D eigenvalue weighted by Gasteiger charge is 2.19. The zero-order valence-corrected chi connectivity index (χ0v) is 12.8. The van der Waals surface area contributed by atoms with Crippen molar-refractivity contribution >= 4 is 38.9 Å². The quantitative estimate of drug-likeness (QED) is 0.888. The van der Waals surface area contributed by atoms with Crippen LogP contribution >= 0.6 is 23.2 Å². The zero-order valence-electron chi connectivity index (χ0n) is 10.5. The van der Waals surface area contributed by atoms with E-state index in [0.717, 1.165) is 12.1 Å². The molecule has 0 saturated carbocycles. The Morgan fingerprint density at radius 3 is 2.48 bits per heavy atom. The fraction of sp³-hybridized carbons (Fsp3) is 0.0769. The van der Waals surface area contributed by atoms with Gasteiger partial charge in [0.25, 0.3) is 10.0 Å². The van der Waals surface area contributed by atoms with Gasteiger partial charge in [-0.3, -0.25) is 4.72 Å². The van der Waals surface area contributed by atoms with Crippen LogP contribution < -0.4 is 4.72 Å². The minimum Gasteiger partial charge on any atom is -0.392 e. The molecule has 0 spiro atoms. The number of rotatable bonds is 4. The van der Waals surface area contributed by atoms with Crippen molar-refractivity contribution < 1.29 is 17.9 Å². The topological polar surface area (TPSA) is 66.4 Å². The first-order valence-electron chi connectivity index (χ1n) is 5.71. The van der Waals surface area contributed by atoms with Gasteiger partial charge >= 0.3 is 0 Å². The molecule has 0 aromatic heterocycles. The molecule has 0 fully saturated rings. The van der Waals surface area contributed by atoms with Crippen molar-refractivity contribution in [3.05, 3.63) is 57.8 Å². The second kappa shape index (κ2) is 6.19. The van der Waals surface area contributed by atoms with Gasteiger partial charge in [-0.15, -0.1) is 0 Å². The van der Waals surface area contributed by atoms with Gasteiger partial charge in [-0.1, -0.05) is 35.3 Å². The van der Waals surface area contributed by atoms with E-state index in [2.05, 4.69) is 4.72 Å². The van der Waals surface area contributed by atoms with Gasteiger partial charge in [0.15, 0.2) is 0 Å². The fourth-order valence-electron chi connectivity index (χ4n) is 1.65. The fourth-order valence-corrected chi connectivity index (χ4v) is 3.15. The lowest BCUT2D eigenvalue weighted by Crippen LogP contribution is -2.15. The standard InChI is InChI=1S/C13H10Cl2FNO3S/c14-10-5-4-9(6-11(10)15)21(19,20)17-13-8(7-18)2-1-3-12(13)16/h1-6,17-18H,7H2. The number of para-hydroxylation sites is 1. The smallest absolute Gasteiger partial charge is 0.262 e. The minimum absolute atomic E-state index is 0.0652. The SMILES string of the molecule is O=S(=O)(Nc1c(F)cccc1CO)c1ccc(Cl)c(Cl)c1. The van der Waals surface area contributed by atoms with Gasteiger partial charge in [-0.05, 0) is 24.3 Å². The number of halogens is 3. The van der Waals surface area contributed by atoms with E-state index in [1.807, 2.05) is 0 Å². The van der Waals surface area contributed by atoms with Crippen LogP contribution in [0.25, 0.3) is 0 Å². The summed E-state index contributed by atoms with van der Waals surface area (Å²) < 4.78 is 40.3. The molecule has 0 bridgehead atoms. The number of sulfonamides is 1. The highest BCUT2D eigenvalue weighted by molar-refractivity contribution is 7.92. The maximum Gasteiger partial charge on any atom is 0.262 e. The molecule has 112 valence electrons. The lowest BCUT2D eigenvalue weighted by atomic mass is 10.2. The van der Waals surface area contributed by atoms with Crippen molar-refractivity contribution in [1.29, 1.82) is 0 Å². The predicted molar refractivity (Wildman–Crippen MR) is 79.6 cm³/mol. The first-order valence-corrected chi connectivity index (χ1v) is 7.95. The number of hydrogen-bond acceptors (Lipinski definition) is 3. The van der Waals surface area contributed by atoms with Crippen LogP contribution in [0.2, 0.25) is 10.0 Å². The molecule has 2 aromatic rings. The molecule has 21 heavy (non-hydrogen) atoms. The van der Waals surface area contributed by atoms with Crippen LogP contribution in [0.3, 0.4) is 0 Å². The van der Waals surface area contributed by atoms with E-state index in [-0.39, 0.29) is 26.2 Å². The first kappa shape index (κ1) is 16.0. The summed E-state index contributed by atoms with van der Waals surface area (Å²) in [5.74, 6) is -0.787. The van der Waals surface area contributed by atoms with Crippen molar-refractivity contribution in [3.63, 3.8) is 0 Å².